The van der Waals surface area contributed by atoms with Crippen LogP contribution < -0.4 is 5.56 Å². The average Bonchev–Trinajstić information content (AvgIpc) is 2.28. The zero-order valence-corrected chi connectivity index (χ0v) is 10.7. The van der Waals surface area contributed by atoms with Crippen LogP contribution in [0, 0.1) is 5.41 Å². The van der Waals surface area contributed by atoms with Crippen LogP contribution in [0.1, 0.15) is 26.5 Å². The third kappa shape index (κ3) is 2.42. The molecular weight excluding hydrogens is 228 g/mol. The third-order valence-corrected chi connectivity index (χ3v) is 2.67. The van der Waals surface area contributed by atoms with Gasteiger partial charge in [-0.15, -0.1) is 0 Å². The number of rotatable bonds is 1. The van der Waals surface area contributed by atoms with Crippen LogP contribution >= 0.6 is 0 Å². The monoisotopic (exact) mass is 244 g/mol. The lowest BCUT2D eigenvalue weighted by atomic mass is 9.93. The molecule has 4 heteroatoms. The van der Waals surface area contributed by atoms with E-state index in [4.69, 9.17) is 0 Å². The maximum atomic E-state index is 11.8. The van der Waals surface area contributed by atoms with E-state index in [1.165, 1.54) is 6.08 Å². The highest BCUT2D eigenvalue weighted by Gasteiger charge is 2.16. The Kier molecular flexibility index (Phi) is 2.95. The largest absolute Gasteiger partial charge is 0.512 e. The maximum Gasteiger partial charge on any atom is 0.274 e. The Morgan fingerprint density at radius 1 is 1.33 bits per heavy atom. The van der Waals surface area contributed by atoms with Crippen molar-refractivity contribution in [2.24, 2.45) is 5.41 Å². The highest BCUT2D eigenvalue weighted by Crippen LogP contribution is 2.23. The van der Waals surface area contributed by atoms with E-state index >= 15 is 0 Å². The van der Waals surface area contributed by atoms with Crippen molar-refractivity contribution in [3.8, 4) is 0 Å². The number of aromatic amines is 1. The molecule has 0 amide bonds. The minimum atomic E-state index is -0.403. The van der Waals surface area contributed by atoms with Gasteiger partial charge in [-0.25, -0.2) is 4.98 Å². The van der Waals surface area contributed by atoms with Crippen LogP contribution in [0.3, 0.4) is 0 Å². The minimum absolute atomic E-state index is 0.135. The van der Waals surface area contributed by atoms with Crippen LogP contribution in [0.15, 0.2) is 34.8 Å². The molecule has 0 spiro atoms. The Morgan fingerprint density at radius 3 is 2.67 bits per heavy atom. The number of aromatic nitrogens is 2. The van der Waals surface area contributed by atoms with E-state index < -0.39 is 5.41 Å². The van der Waals surface area contributed by atoms with E-state index in [-0.39, 0.29) is 17.0 Å². The first kappa shape index (κ1) is 12.4. The molecule has 2 N–H and O–H groups in total. The van der Waals surface area contributed by atoms with Gasteiger partial charge in [0.15, 0.2) is 0 Å². The molecule has 1 heterocycles. The summed E-state index contributed by atoms with van der Waals surface area (Å²) in [6.07, 6.45) is 1.42. The first-order valence-corrected chi connectivity index (χ1v) is 5.78. The molecule has 2 aromatic rings. The lowest BCUT2D eigenvalue weighted by molar-refractivity contribution is 0.282. The fourth-order valence-electron chi connectivity index (χ4n) is 1.49. The molecule has 0 saturated carbocycles. The molecule has 0 saturated heterocycles. The molecule has 18 heavy (non-hydrogen) atoms. The van der Waals surface area contributed by atoms with Crippen molar-refractivity contribution in [2.75, 3.05) is 0 Å². The Hall–Kier alpha value is -2.10. The fourth-order valence-corrected chi connectivity index (χ4v) is 1.49. The molecule has 0 atom stereocenters. The predicted molar refractivity (Wildman–Crippen MR) is 72.4 cm³/mol. The number of aliphatic hydroxyl groups is 1. The van der Waals surface area contributed by atoms with Crippen LogP contribution in [-0.4, -0.2) is 15.1 Å². The highest BCUT2D eigenvalue weighted by molar-refractivity contribution is 5.74. The van der Waals surface area contributed by atoms with Crippen LogP contribution in [0.25, 0.3) is 17.1 Å². The Bertz CT molecular complexity index is 663. The van der Waals surface area contributed by atoms with Gasteiger partial charge in [0.1, 0.15) is 5.69 Å². The van der Waals surface area contributed by atoms with Gasteiger partial charge in [-0.2, -0.15) is 0 Å². The maximum absolute atomic E-state index is 11.8. The van der Waals surface area contributed by atoms with Gasteiger partial charge in [-0.1, -0.05) is 32.9 Å². The van der Waals surface area contributed by atoms with Gasteiger partial charge in [-0.05, 0) is 12.1 Å². The van der Waals surface area contributed by atoms with Gasteiger partial charge >= 0.3 is 0 Å². The molecule has 4 nitrogen and oxygen atoms in total. The molecule has 0 aliphatic carbocycles. The summed E-state index contributed by atoms with van der Waals surface area (Å²) in [5.74, 6) is 0.135. The van der Waals surface area contributed by atoms with Gasteiger partial charge in [-0.3, -0.25) is 4.79 Å². The zero-order valence-electron chi connectivity index (χ0n) is 10.7. The highest BCUT2D eigenvalue weighted by atomic mass is 16.3. The predicted octanol–water partition coefficient (Wildman–Crippen LogP) is 2.87. The third-order valence-electron chi connectivity index (χ3n) is 2.67. The van der Waals surface area contributed by atoms with Crippen molar-refractivity contribution in [1.29, 1.82) is 0 Å². The average molecular weight is 244 g/mol. The number of aliphatic hydroxyl groups excluding tert-OH is 1. The van der Waals surface area contributed by atoms with E-state index in [1.54, 1.807) is 6.07 Å². The van der Waals surface area contributed by atoms with Crippen molar-refractivity contribution in [3.63, 3.8) is 0 Å². The second kappa shape index (κ2) is 4.29. The van der Waals surface area contributed by atoms with Crippen molar-refractivity contribution in [2.45, 2.75) is 20.8 Å². The Labute approximate surface area is 105 Å². The summed E-state index contributed by atoms with van der Waals surface area (Å²) < 4.78 is 0. The number of allylic oxidation sites excluding steroid dienone is 1. The number of H-pyrrole nitrogens is 1. The van der Waals surface area contributed by atoms with Crippen LogP contribution in [0.2, 0.25) is 0 Å². The number of nitrogens with zero attached hydrogens (tertiary/aromatic N) is 1. The van der Waals surface area contributed by atoms with Crippen LogP contribution in [0.4, 0.5) is 0 Å². The molecule has 0 fully saturated rings. The molecule has 2 rings (SSSR count). The van der Waals surface area contributed by atoms with Crippen molar-refractivity contribution >= 4 is 17.1 Å². The quantitative estimate of drug-likeness (QED) is 0.758. The van der Waals surface area contributed by atoms with E-state index in [1.807, 2.05) is 39.0 Å². The zero-order chi connectivity index (χ0) is 13.3. The number of para-hydroxylation sites is 2. The number of hydrogen-bond donors (Lipinski definition) is 2. The molecule has 0 aliphatic heterocycles. The number of nitrogens with one attached hydrogen (secondary N) is 1. The summed E-state index contributed by atoms with van der Waals surface area (Å²) in [5.41, 5.74) is 0.908. The van der Waals surface area contributed by atoms with Gasteiger partial charge in [0, 0.05) is 11.5 Å². The fraction of sp³-hybridized carbons (Fsp3) is 0.286. The molecule has 0 bridgehead atoms. The molecule has 0 radical (unpaired) electrons. The first-order chi connectivity index (χ1) is 8.38. The number of benzene rings is 1. The second-order valence-corrected chi connectivity index (χ2v) is 5.25. The van der Waals surface area contributed by atoms with Crippen LogP contribution in [0.5, 0.6) is 0 Å². The van der Waals surface area contributed by atoms with Gasteiger partial charge in [0.25, 0.3) is 5.56 Å². The summed E-state index contributed by atoms with van der Waals surface area (Å²) in [6, 6.07) is 7.30. The molecule has 1 aromatic carbocycles. The van der Waals surface area contributed by atoms with Crippen molar-refractivity contribution in [3.05, 3.63) is 46.1 Å². The van der Waals surface area contributed by atoms with E-state index in [2.05, 4.69) is 9.97 Å². The van der Waals surface area contributed by atoms with Crippen molar-refractivity contribution < 1.29 is 5.11 Å². The number of fused-ring (bicyclic) bond motifs is 1. The van der Waals surface area contributed by atoms with E-state index in [0.29, 0.717) is 11.0 Å². The summed E-state index contributed by atoms with van der Waals surface area (Å²) in [7, 11) is 0. The first-order valence-electron chi connectivity index (χ1n) is 5.78. The van der Waals surface area contributed by atoms with Gasteiger partial charge in [0.05, 0.1) is 16.8 Å². The second-order valence-electron chi connectivity index (χ2n) is 5.25. The lowest BCUT2D eigenvalue weighted by Crippen LogP contribution is -2.14. The van der Waals surface area contributed by atoms with E-state index in [0.717, 1.165) is 0 Å². The van der Waals surface area contributed by atoms with E-state index in [9.17, 15) is 9.90 Å². The SMILES string of the molecule is CC(C)(C)C(O)=Cc1nc2ccccc2[nH]c1=O. The van der Waals surface area contributed by atoms with Gasteiger partial charge < -0.3 is 10.1 Å². The van der Waals surface area contributed by atoms with Crippen LogP contribution in [-0.2, 0) is 0 Å². The summed E-state index contributed by atoms with van der Waals surface area (Å²) in [5, 5.41) is 9.90. The normalized spacial score (nSPS) is 12.9. The molecule has 1 aromatic heterocycles. The molecule has 0 aliphatic rings. The molecule has 94 valence electrons. The Balaban J connectivity index is 2.59. The molecule has 0 unspecified atom stereocenters. The smallest absolute Gasteiger partial charge is 0.274 e. The standard InChI is InChI=1S/C14H16N2O2/c1-14(2,3)12(17)8-11-13(18)16-10-7-5-4-6-9(10)15-11/h4-8,17H,1-3H3,(H,16,18). The summed E-state index contributed by atoms with van der Waals surface area (Å²) in [6.45, 7) is 5.61. The van der Waals surface area contributed by atoms with Crippen molar-refractivity contribution in [1.82, 2.24) is 9.97 Å². The van der Waals surface area contributed by atoms with Gasteiger partial charge in [0.2, 0.25) is 0 Å². The summed E-state index contributed by atoms with van der Waals surface area (Å²) >= 11 is 0. The lowest BCUT2D eigenvalue weighted by Gasteiger charge is -2.16. The minimum Gasteiger partial charge on any atom is -0.512 e. The number of hydrogen-bond acceptors (Lipinski definition) is 3. The Morgan fingerprint density at radius 2 is 2.00 bits per heavy atom. The molecular formula is C14H16N2O2. The topological polar surface area (TPSA) is 66.0 Å². The summed E-state index contributed by atoms with van der Waals surface area (Å²) in [4.78, 5) is 18.8.